The molecule has 0 atom stereocenters. The van der Waals surface area contributed by atoms with Crippen molar-refractivity contribution >= 4 is 20.0 Å². The smallest absolute Gasteiger partial charge is 0.339 e. The lowest BCUT2D eigenvalue weighted by Gasteiger charge is -2.09. The molecule has 5 nitrogen and oxygen atoms in total. The second kappa shape index (κ2) is 7.77. The molecule has 3 aromatic rings. The maximum absolute atomic E-state index is 12.5. The molecule has 0 spiro atoms. The van der Waals surface area contributed by atoms with Crippen LogP contribution >= 0.6 is 0 Å². The van der Waals surface area contributed by atoms with E-state index in [1.807, 2.05) is 31.2 Å². The van der Waals surface area contributed by atoms with Crippen molar-refractivity contribution in [1.29, 1.82) is 0 Å². The maximum atomic E-state index is 12.5. The molecule has 0 heterocycles. The van der Waals surface area contributed by atoms with Crippen molar-refractivity contribution in [3.63, 3.8) is 0 Å². The largest absolute Gasteiger partial charge is 0.379 e. The molecule has 0 aliphatic heterocycles. The first-order valence-electron chi connectivity index (χ1n) is 8.66. The quantitative estimate of drug-likeness (QED) is 0.562. The lowest BCUT2D eigenvalue weighted by molar-refractivity contribution is 0.486. The number of benzene rings is 3. The average Bonchev–Trinajstić information content (AvgIpc) is 2.69. The Kier molecular flexibility index (Phi) is 5.58. The highest BCUT2D eigenvalue weighted by Gasteiger charge is 2.19. The second-order valence-corrected chi connectivity index (χ2v) is 10.1. The van der Waals surface area contributed by atoms with Gasteiger partial charge in [-0.25, -0.2) is 8.42 Å². The second-order valence-electron chi connectivity index (χ2n) is 6.30. The summed E-state index contributed by atoms with van der Waals surface area (Å²) in [6.07, 6.45) is 0. The van der Waals surface area contributed by atoms with Crippen molar-refractivity contribution < 1.29 is 21.0 Å². The first-order valence-corrected chi connectivity index (χ1v) is 11.7. The van der Waals surface area contributed by atoms with Crippen LogP contribution in [0.5, 0.6) is 5.75 Å². The number of hydrogen-bond acceptors (Lipinski definition) is 5. The number of aryl methyl sites for hydroxylation is 1. The van der Waals surface area contributed by atoms with Gasteiger partial charge in [-0.15, -0.1) is 0 Å². The Morgan fingerprint density at radius 3 is 1.64 bits per heavy atom. The fraction of sp³-hybridized carbons (Fsp3) is 0.143. The van der Waals surface area contributed by atoms with Crippen molar-refractivity contribution in [2.75, 3.05) is 5.75 Å². The molecule has 0 aliphatic carbocycles. The highest BCUT2D eigenvalue weighted by Crippen LogP contribution is 2.25. The van der Waals surface area contributed by atoms with E-state index in [4.69, 9.17) is 4.18 Å². The van der Waals surface area contributed by atoms with Crippen LogP contribution in [0.4, 0.5) is 0 Å². The van der Waals surface area contributed by atoms with Gasteiger partial charge >= 0.3 is 10.1 Å². The normalized spacial score (nSPS) is 11.9. The standard InChI is InChI=1S/C21H20O5S2/c1-3-27(22,23)20-12-14-21(15-13-20)28(24,25)26-19-10-8-18(9-11-19)17-6-4-16(2)5-7-17/h4-15H,3H2,1-2H3. The topological polar surface area (TPSA) is 77.5 Å². The van der Waals surface area contributed by atoms with Gasteiger partial charge in [0.15, 0.2) is 9.84 Å². The Hall–Kier alpha value is -2.64. The molecular formula is C21H20O5S2. The van der Waals surface area contributed by atoms with Gasteiger partial charge in [0.25, 0.3) is 0 Å². The summed E-state index contributed by atoms with van der Waals surface area (Å²) in [5, 5.41) is 0. The summed E-state index contributed by atoms with van der Waals surface area (Å²) >= 11 is 0. The van der Waals surface area contributed by atoms with Crippen molar-refractivity contribution in [1.82, 2.24) is 0 Å². The molecule has 0 amide bonds. The first kappa shape index (κ1) is 20.1. The molecule has 7 heteroatoms. The zero-order valence-corrected chi connectivity index (χ0v) is 17.1. The van der Waals surface area contributed by atoms with Crippen LogP contribution in [0.15, 0.2) is 82.6 Å². The fourth-order valence-corrected chi connectivity index (χ4v) is 4.42. The van der Waals surface area contributed by atoms with Gasteiger partial charge < -0.3 is 4.18 Å². The molecular weight excluding hydrogens is 396 g/mol. The molecule has 0 saturated carbocycles. The van der Waals surface area contributed by atoms with Crippen molar-refractivity contribution in [2.24, 2.45) is 0 Å². The van der Waals surface area contributed by atoms with Crippen LogP contribution in [0, 0.1) is 6.92 Å². The van der Waals surface area contributed by atoms with Gasteiger partial charge in [0.05, 0.1) is 10.6 Å². The SMILES string of the molecule is CCS(=O)(=O)c1ccc(S(=O)(=O)Oc2ccc(-c3ccc(C)cc3)cc2)cc1. The predicted octanol–water partition coefficient (Wildman–Crippen LogP) is 4.22. The predicted molar refractivity (Wildman–Crippen MR) is 109 cm³/mol. The van der Waals surface area contributed by atoms with Gasteiger partial charge in [0, 0.05) is 0 Å². The molecule has 146 valence electrons. The minimum Gasteiger partial charge on any atom is -0.379 e. The lowest BCUT2D eigenvalue weighted by atomic mass is 10.0. The summed E-state index contributed by atoms with van der Waals surface area (Å²) < 4.78 is 53.8. The maximum Gasteiger partial charge on any atom is 0.339 e. The molecule has 0 unspecified atom stereocenters. The number of sulfone groups is 1. The third kappa shape index (κ3) is 4.43. The van der Waals surface area contributed by atoms with E-state index in [1.54, 1.807) is 24.3 Å². The van der Waals surface area contributed by atoms with E-state index in [2.05, 4.69) is 0 Å². The highest BCUT2D eigenvalue weighted by molar-refractivity contribution is 7.91. The van der Waals surface area contributed by atoms with Crippen molar-refractivity contribution in [3.05, 3.63) is 78.4 Å². The minimum atomic E-state index is -4.06. The van der Waals surface area contributed by atoms with Crippen LogP contribution in [0.2, 0.25) is 0 Å². The zero-order valence-electron chi connectivity index (χ0n) is 15.5. The van der Waals surface area contributed by atoms with Crippen LogP contribution < -0.4 is 4.18 Å². The van der Waals surface area contributed by atoms with Crippen molar-refractivity contribution in [2.45, 2.75) is 23.6 Å². The van der Waals surface area contributed by atoms with E-state index >= 15 is 0 Å². The first-order chi connectivity index (χ1) is 13.2. The van der Waals surface area contributed by atoms with E-state index in [0.29, 0.717) is 0 Å². The summed E-state index contributed by atoms with van der Waals surface area (Å²) in [5.74, 6) is 0.129. The van der Waals surface area contributed by atoms with Gasteiger partial charge in [-0.05, 0) is 54.4 Å². The molecule has 3 aromatic carbocycles. The molecule has 0 N–H and O–H groups in total. The average molecular weight is 417 g/mol. The molecule has 3 rings (SSSR count). The van der Waals surface area contributed by atoms with Crippen LogP contribution in [-0.2, 0) is 20.0 Å². The Bertz CT molecular complexity index is 1160. The summed E-state index contributed by atoms with van der Waals surface area (Å²) in [5.41, 5.74) is 3.12. The molecule has 0 radical (unpaired) electrons. The van der Waals surface area contributed by atoms with Gasteiger partial charge in [-0.1, -0.05) is 48.9 Å². The molecule has 0 bridgehead atoms. The summed E-state index contributed by atoms with van der Waals surface area (Å²) in [6, 6.07) is 19.8. The van der Waals surface area contributed by atoms with Crippen LogP contribution in [0.3, 0.4) is 0 Å². The van der Waals surface area contributed by atoms with Crippen molar-refractivity contribution in [3.8, 4) is 16.9 Å². The third-order valence-electron chi connectivity index (χ3n) is 4.30. The molecule has 0 fully saturated rings. The molecule has 0 saturated heterocycles. The van der Waals surface area contributed by atoms with E-state index in [1.165, 1.54) is 31.2 Å². The van der Waals surface area contributed by atoms with Gasteiger partial charge in [-0.2, -0.15) is 8.42 Å². The number of hydrogen-bond donors (Lipinski definition) is 0. The number of rotatable bonds is 6. The van der Waals surface area contributed by atoms with E-state index in [-0.39, 0.29) is 21.3 Å². The van der Waals surface area contributed by atoms with Gasteiger partial charge in [0.2, 0.25) is 0 Å². The van der Waals surface area contributed by atoms with Gasteiger partial charge in [-0.3, -0.25) is 0 Å². The monoisotopic (exact) mass is 416 g/mol. The molecule has 0 aliphatic rings. The third-order valence-corrected chi connectivity index (χ3v) is 7.31. The summed E-state index contributed by atoms with van der Waals surface area (Å²) in [7, 11) is -7.45. The zero-order chi connectivity index (χ0) is 20.4. The Labute approximate surface area is 165 Å². The fourth-order valence-electron chi connectivity index (χ4n) is 2.60. The lowest BCUT2D eigenvalue weighted by Crippen LogP contribution is -2.10. The van der Waals surface area contributed by atoms with Crippen LogP contribution in [-0.4, -0.2) is 22.6 Å². The summed E-state index contributed by atoms with van der Waals surface area (Å²) in [6.45, 7) is 3.54. The van der Waals surface area contributed by atoms with Gasteiger partial charge in [0.1, 0.15) is 10.6 Å². The molecule has 28 heavy (non-hydrogen) atoms. The Morgan fingerprint density at radius 1 is 0.679 bits per heavy atom. The minimum absolute atomic E-state index is 0.0527. The van der Waals surface area contributed by atoms with Crippen LogP contribution in [0.1, 0.15) is 12.5 Å². The Morgan fingerprint density at radius 2 is 1.14 bits per heavy atom. The summed E-state index contributed by atoms with van der Waals surface area (Å²) in [4.78, 5) is -0.0263. The Balaban J connectivity index is 1.79. The van der Waals surface area contributed by atoms with E-state index in [0.717, 1.165) is 16.7 Å². The van der Waals surface area contributed by atoms with E-state index in [9.17, 15) is 16.8 Å². The van der Waals surface area contributed by atoms with E-state index < -0.39 is 20.0 Å². The molecule has 0 aromatic heterocycles. The highest BCUT2D eigenvalue weighted by atomic mass is 32.2. The van der Waals surface area contributed by atoms with Crippen LogP contribution in [0.25, 0.3) is 11.1 Å².